The summed E-state index contributed by atoms with van der Waals surface area (Å²) in [4.78, 5) is 39.5. The van der Waals surface area contributed by atoms with Crippen molar-refractivity contribution in [3.05, 3.63) is 101 Å². The number of nitrogens with two attached hydrogens (primary N) is 1. The Morgan fingerprint density at radius 1 is 1.00 bits per heavy atom. The number of nitrogen functional groups attached to an aromatic ring is 1. The summed E-state index contributed by atoms with van der Waals surface area (Å²) in [6.07, 6.45) is 3.19. The monoisotopic (exact) mass is 507 g/mol. The molecular weight excluding hydrogens is 482 g/mol. The molecule has 3 N–H and O–H groups in total. The topological polar surface area (TPSA) is 130 Å². The summed E-state index contributed by atoms with van der Waals surface area (Å²) in [7, 11) is 3.33. The molecule has 0 aliphatic carbocycles. The molecule has 3 aromatic heterocycles. The number of hydrogen-bond acceptors (Lipinski definition) is 7. The van der Waals surface area contributed by atoms with E-state index in [1.54, 1.807) is 74.6 Å². The molecule has 10 nitrogen and oxygen atoms in total. The van der Waals surface area contributed by atoms with Crippen LogP contribution in [0, 0.1) is 6.92 Å². The fourth-order valence-corrected chi connectivity index (χ4v) is 4.15. The fourth-order valence-electron chi connectivity index (χ4n) is 4.15. The van der Waals surface area contributed by atoms with E-state index in [1.165, 1.54) is 4.68 Å². The van der Waals surface area contributed by atoms with E-state index < -0.39 is 11.5 Å². The second kappa shape index (κ2) is 10.0. The summed E-state index contributed by atoms with van der Waals surface area (Å²) in [6.45, 7) is 1.74. The van der Waals surface area contributed by atoms with Gasteiger partial charge in [-0.15, -0.1) is 0 Å². The molecule has 190 valence electrons. The summed E-state index contributed by atoms with van der Waals surface area (Å²) in [6, 6.07) is 19.7. The molecule has 5 aromatic rings. The Kier molecular flexibility index (Phi) is 6.44. The van der Waals surface area contributed by atoms with Crippen LogP contribution in [0.1, 0.15) is 16.1 Å². The molecule has 0 atom stereocenters. The lowest BCUT2D eigenvalue weighted by molar-refractivity contribution is 0.102. The number of benzene rings is 2. The van der Waals surface area contributed by atoms with Gasteiger partial charge < -0.3 is 15.8 Å². The van der Waals surface area contributed by atoms with E-state index >= 15 is 0 Å². The van der Waals surface area contributed by atoms with Crippen molar-refractivity contribution < 1.29 is 9.53 Å². The highest BCUT2D eigenvalue weighted by Gasteiger charge is 2.22. The largest absolute Gasteiger partial charge is 0.497 e. The maximum atomic E-state index is 13.1. The number of nitrogens with one attached hydrogen (secondary N) is 1. The second-order valence-electron chi connectivity index (χ2n) is 8.54. The van der Waals surface area contributed by atoms with Gasteiger partial charge in [0.1, 0.15) is 28.5 Å². The van der Waals surface area contributed by atoms with Crippen molar-refractivity contribution in [2.45, 2.75) is 6.92 Å². The first kappa shape index (κ1) is 24.4. The van der Waals surface area contributed by atoms with Crippen molar-refractivity contribution in [1.82, 2.24) is 24.3 Å². The number of hydrogen-bond donors (Lipinski definition) is 2. The zero-order chi connectivity index (χ0) is 26.8. The van der Waals surface area contributed by atoms with Crippen LogP contribution in [0.2, 0.25) is 0 Å². The number of nitrogens with zero attached hydrogens (tertiary/aromatic N) is 5. The normalized spacial score (nSPS) is 10.8. The standard InChI is InChI=1S/C28H25N7O3/c1-17-24(28(37)35(34(17)2)20-7-5-4-6-8-20)27(36)32-19-11-9-18(10-12-19)25-26(29)31-16-23(33-25)22-15-21(38-3)13-14-30-22/h4-16H,1-3H3,(H2,29,31)(H,32,36). The number of rotatable bonds is 6. The number of amides is 1. The third-order valence-electron chi connectivity index (χ3n) is 6.23. The van der Waals surface area contributed by atoms with Gasteiger partial charge in [0.25, 0.3) is 11.5 Å². The summed E-state index contributed by atoms with van der Waals surface area (Å²) in [5.74, 6) is 0.421. The summed E-state index contributed by atoms with van der Waals surface area (Å²) < 4.78 is 8.41. The van der Waals surface area contributed by atoms with E-state index in [-0.39, 0.29) is 11.4 Å². The predicted octanol–water partition coefficient (Wildman–Crippen LogP) is 3.85. The molecule has 0 radical (unpaired) electrons. The number of ether oxygens (including phenoxy) is 1. The van der Waals surface area contributed by atoms with Crippen LogP contribution in [-0.4, -0.2) is 37.3 Å². The molecule has 0 spiro atoms. The SMILES string of the molecule is COc1ccnc(-c2cnc(N)c(-c3ccc(NC(=O)c4c(C)n(C)n(-c5ccccc5)c4=O)cc3)n2)c1. The average Bonchev–Trinajstić information content (AvgIpc) is 3.17. The van der Waals surface area contributed by atoms with Crippen molar-refractivity contribution in [3.63, 3.8) is 0 Å². The van der Waals surface area contributed by atoms with Crippen molar-refractivity contribution in [1.29, 1.82) is 0 Å². The number of pyridine rings is 1. The Bertz CT molecular complexity index is 1690. The van der Waals surface area contributed by atoms with Crippen LogP contribution in [0.25, 0.3) is 28.3 Å². The summed E-state index contributed by atoms with van der Waals surface area (Å²) in [5, 5.41) is 2.82. The van der Waals surface area contributed by atoms with Crippen LogP contribution in [0.4, 0.5) is 11.5 Å². The number of para-hydroxylation sites is 1. The fraction of sp³-hybridized carbons (Fsp3) is 0.107. The second-order valence-corrected chi connectivity index (χ2v) is 8.54. The van der Waals surface area contributed by atoms with E-state index in [0.29, 0.717) is 45.5 Å². The molecule has 0 aliphatic rings. The first-order chi connectivity index (χ1) is 18.4. The summed E-state index contributed by atoms with van der Waals surface area (Å²) in [5.41, 5.74) is 9.89. The molecule has 0 fully saturated rings. The van der Waals surface area contributed by atoms with Gasteiger partial charge in [-0.3, -0.25) is 19.3 Å². The van der Waals surface area contributed by atoms with Gasteiger partial charge >= 0.3 is 0 Å². The Morgan fingerprint density at radius 3 is 2.45 bits per heavy atom. The molecular formula is C28H25N7O3. The zero-order valence-corrected chi connectivity index (χ0v) is 21.0. The van der Waals surface area contributed by atoms with Gasteiger partial charge in [-0.1, -0.05) is 30.3 Å². The van der Waals surface area contributed by atoms with Crippen LogP contribution in [0.5, 0.6) is 5.75 Å². The van der Waals surface area contributed by atoms with Gasteiger partial charge in [0.15, 0.2) is 0 Å². The average molecular weight is 508 g/mol. The Morgan fingerprint density at radius 2 is 1.74 bits per heavy atom. The highest BCUT2D eigenvalue weighted by molar-refractivity contribution is 6.05. The van der Waals surface area contributed by atoms with Gasteiger partial charge in [-0.2, -0.15) is 0 Å². The molecule has 3 heterocycles. The summed E-state index contributed by atoms with van der Waals surface area (Å²) >= 11 is 0. The molecule has 10 heteroatoms. The molecule has 0 bridgehead atoms. The smallest absolute Gasteiger partial charge is 0.284 e. The number of carbonyl (C=O) groups excluding carboxylic acids is 1. The first-order valence-electron chi connectivity index (χ1n) is 11.8. The molecule has 1 amide bonds. The highest BCUT2D eigenvalue weighted by atomic mass is 16.5. The Labute approximate surface area is 218 Å². The molecule has 0 saturated carbocycles. The van der Waals surface area contributed by atoms with Gasteiger partial charge in [-0.05, 0) is 37.3 Å². The van der Waals surface area contributed by atoms with E-state index in [4.69, 9.17) is 10.5 Å². The molecule has 38 heavy (non-hydrogen) atoms. The molecule has 0 unspecified atom stereocenters. The van der Waals surface area contributed by atoms with Gasteiger partial charge in [0.2, 0.25) is 0 Å². The van der Waals surface area contributed by atoms with Crippen molar-refractivity contribution >= 4 is 17.4 Å². The minimum Gasteiger partial charge on any atom is -0.497 e. The lowest BCUT2D eigenvalue weighted by atomic mass is 10.1. The van der Waals surface area contributed by atoms with Crippen LogP contribution >= 0.6 is 0 Å². The molecule has 2 aromatic carbocycles. The first-order valence-corrected chi connectivity index (χ1v) is 11.8. The van der Waals surface area contributed by atoms with Crippen LogP contribution in [0.3, 0.4) is 0 Å². The van der Waals surface area contributed by atoms with Crippen LogP contribution in [0.15, 0.2) is 83.9 Å². The van der Waals surface area contributed by atoms with E-state index in [2.05, 4.69) is 20.3 Å². The van der Waals surface area contributed by atoms with Crippen molar-refractivity contribution in [3.8, 4) is 34.1 Å². The molecule has 5 rings (SSSR count). The third-order valence-corrected chi connectivity index (χ3v) is 6.23. The van der Waals surface area contributed by atoms with Crippen LogP contribution < -0.4 is 21.3 Å². The van der Waals surface area contributed by atoms with Crippen molar-refractivity contribution in [2.24, 2.45) is 7.05 Å². The predicted molar refractivity (Wildman–Crippen MR) is 145 cm³/mol. The van der Waals surface area contributed by atoms with E-state index in [9.17, 15) is 9.59 Å². The maximum absolute atomic E-state index is 13.1. The van der Waals surface area contributed by atoms with Gasteiger partial charge in [-0.25, -0.2) is 14.6 Å². The Balaban J connectivity index is 1.40. The van der Waals surface area contributed by atoms with Gasteiger partial charge in [0.05, 0.1) is 30.4 Å². The van der Waals surface area contributed by atoms with Gasteiger partial charge in [0, 0.05) is 30.6 Å². The maximum Gasteiger partial charge on any atom is 0.284 e. The lowest BCUT2D eigenvalue weighted by Crippen LogP contribution is -2.25. The zero-order valence-electron chi connectivity index (χ0n) is 21.0. The Hall–Kier alpha value is -5.25. The minimum atomic E-state index is -0.490. The number of aromatic nitrogens is 5. The number of anilines is 2. The number of carbonyl (C=O) groups is 1. The number of methoxy groups -OCH3 is 1. The lowest BCUT2D eigenvalue weighted by Gasteiger charge is -2.09. The molecule has 0 saturated heterocycles. The van der Waals surface area contributed by atoms with E-state index in [1.807, 2.05) is 30.3 Å². The van der Waals surface area contributed by atoms with Crippen molar-refractivity contribution in [2.75, 3.05) is 18.2 Å². The third kappa shape index (κ3) is 4.50. The highest BCUT2D eigenvalue weighted by Crippen LogP contribution is 2.27. The van der Waals surface area contributed by atoms with E-state index in [0.717, 1.165) is 0 Å². The van der Waals surface area contributed by atoms with Crippen LogP contribution in [-0.2, 0) is 7.05 Å². The molecule has 0 aliphatic heterocycles. The quantitative estimate of drug-likeness (QED) is 0.357. The minimum absolute atomic E-state index is 0.0778.